The van der Waals surface area contributed by atoms with Gasteiger partial charge in [-0.25, -0.2) is 4.79 Å². The molecule has 0 saturated carbocycles. The average molecular weight is 298 g/mol. The Labute approximate surface area is 124 Å². The second-order valence-corrected chi connectivity index (χ2v) is 5.26. The van der Waals surface area contributed by atoms with Crippen LogP contribution in [0.3, 0.4) is 0 Å². The molecule has 5 nitrogen and oxygen atoms in total. The molecule has 1 N–H and O–H groups in total. The number of carbonyl (C=O) groups excluding carboxylic acids is 1. The van der Waals surface area contributed by atoms with Gasteiger partial charge in [0.2, 0.25) is 0 Å². The Hall–Kier alpha value is -1.46. The van der Waals surface area contributed by atoms with Crippen LogP contribution in [0.5, 0.6) is 5.75 Å². The van der Waals surface area contributed by atoms with Crippen LogP contribution in [0.1, 0.15) is 0 Å². The van der Waals surface area contributed by atoms with Gasteiger partial charge in [0.25, 0.3) is 0 Å². The molecule has 110 valence electrons. The zero-order chi connectivity index (χ0) is 14.4. The van der Waals surface area contributed by atoms with Crippen molar-refractivity contribution in [2.75, 3.05) is 46.4 Å². The molecule has 1 heterocycles. The fourth-order valence-corrected chi connectivity index (χ4v) is 2.10. The van der Waals surface area contributed by atoms with Gasteiger partial charge >= 0.3 is 6.03 Å². The number of amides is 2. The summed E-state index contributed by atoms with van der Waals surface area (Å²) in [6, 6.07) is 7.16. The van der Waals surface area contributed by atoms with E-state index in [0.717, 1.165) is 31.9 Å². The molecule has 1 fully saturated rings. The molecule has 0 aromatic heterocycles. The van der Waals surface area contributed by atoms with Crippen LogP contribution in [0.4, 0.5) is 4.79 Å². The molecule has 2 rings (SSSR count). The van der Waals surface area contributed by atoms with E-state index in [-0.39, 0.29) is 6.03 Å². The third kappa shape index (κ3) is 4.58. The Kier molecular flexibility index (Phi) is 5.49. The molecule has 2 amide bonds. The van der Waals surface area contributed by atoms with E-state index >= 15 is 0 Å². The number of ether oxygens (including phenoxy) is 1. The molecule has 1 aromatic rings. The number of likely N-dealkylation sites (N-methyl/N-ethyl adjacent to an activating group) is 1. The lowest BCUT2D eigenvalue weighted by Crippen LogP contribution is -2.51. The summed E-state index contributed by atoms with van der Waals surface area (Å²) in [4.78, 5) is 15.9. The molecule has 0 spiro atoms. The molecule has 0 atom stereocenters. The number of nitrogens with one attached hydrogen (secondary N) is 1. The summed E-state index contributed by atoms with van der Waals surface area (Å²) in [6.07, 6.45) is 0. The van der Waals surface area contributed by atoms with Crippen molar-refractivity contribution in [2.45, 2.75) is 0 Å². The molecule has 1 saturated heterocycles. The van der Waals surface area contributed by atoms with Crippen molar-refractivity contribution in [3.8, 4) is 5.75 Å². The maximum absolute atomic E-state index is 11.9. The Bertz CT molecular complexity index is 431. The van der Waals surface area contributed by atoms with Crippen LogP contribution in [-0.4, -0.2) is 62.2 Å². The second-order valence-electron chi connectivity index (χ2n) is 4.82. The van der Waals surface area contributed by atoms with E-state index in [0.29, 0.717) is 18.2 Å². The number of hydrogen-bond donors (Lipinski definition) is 1. The smallest absolute Gasteiger partial charge is 0.317 e. The Balaban J connectivity index is 1.63. The van der Waals surface area contributed by atoms with Crippen molar-refractivity contribution < 1.29 is 9.53 Å². The standard InChI is InChI=1S/C14H20ClN3O2/c1-17-7-9-18(10-8-17)14(19)16-6-11-20-13-4-2-12(15)3-5-13/h2-5H,6-11H2,1H3,(H,16,19). The third-order valence-corrected chi connectivity index (χ3v) is 3.50. The topological polar surface area (TPSA) is 44.8 Å². The van der Waals surface area contributed by atoms with E-state index in [9.17, 15) is 4.79 Å². The van der Waals surface area contributed by atoms with Gasteiger partial charge in [0.05, 0.1) is 6.54 Å². The summed E-state index contributed by atoms with van der Waals surface area (Å²) < 4.78 is 5.52. The number of carbonyl (C=O) groups is 1. The van der Waals surface area contributed by atoms with Crippen LogP contribution in [0.15, 0.2) is 24.3 Å². The molecule has 20 heavy (non-hydrogen) atoms. The van der Waals surface area contributed by atoms with Gasteiger partial charge in [0.1, 0.15) is 12.4 Å². The van der Waals surface area contributed by atoms with Gasteiger partial charge in [-0.2, -0.15) is 0 Å². The van der Waals surface area contributed by atoms with Gasteiger partial charge in [-0.15, -0.1) is 0 Å². The highest BCUT2D eigenvalue weighted by Gasteiger charge is 2.18. The fraction of sp³-hybridized carbons (Fsp3) is 0.500. The molecule has 1 aliphatic heterocycles. The van der Waals surface area contributed by atoms with Crippen molar-refractivity contribution in [2.24, 2.45) is 0 Å². The zero-order valence-corrected chi connectivity index (χ0v) is 12.4. The van der Waals surface area contributed by atoms with Crippen LogP contribution in [0.25, 0.3) is 0 Å². The minimum Gasteiger partial charge on any atom is -0.492 e. The number of hydrogen-bond acceptors (Lipinski definition) is 3. The molecular weight excluding hydrogens is 278 g/mol. The first kappa shape index (κ1) is 14.9. The first-order valence-corrected chi connectivity index (χ1v) is 7.12. The van der Waals surface area contributed by atoms with Gasteiger partial charge in [0, 0.05) is 31.2 Å². The van der Waals surface area contributed by atoms with E-state index in [1.54, 1.807) is 12.1 Å². The first-order valence-electron chi connectivity index (χ1n) is 6.75. The lowest BCUT2D eigenvalue weighted by molar-refractivity contribution is 0.153. The average Bonchev–Trinajstić information content (AvgIpc) is 2.46. The number of piperazine rings is 1. The quantitative estimate of drug-likeness (QED) is 0.860. The summed E-state index contributed by atoms with van der Waals surface area (Å²) in [5.74, 6) is 0.753. The molecule has 0 bridgehead atoms. The van der Waals surface area contributed by atoms with Crippen molar-refractivity contribution in [3.05, 3.63) is 29.3 Å². The number of nitrogens with zero attached hydrogens (tertiary/aromatic N) is 2. The van der Waals surface area contributed by atoms with Crippen LogP contribution in [-0.2, 0) is 0 Å². The van der Waals surface area contributed by atoms with Gasteiger partial charge in [-0.3, -0.25) is 0 Å². The normalized spacial score (nSPS) is 16.0. The maximum atomic E-state index is 11.9. The second kappa shape index (κ2) is 7.36. The van der Waals surface area contributed by atoms with E-state index in [4.69, 9.17) is 16.3 Å². The highest BCUT2D eigenvalue weighted by Crippen LogP contribution is 2.15. The highest BCUT2D eigenvalue weighted by molar-refractivity contribution is 6.30. The summed E-state index contributed by atoms with van der Waals surface area (Å²) >= 11 is 5.79. The van der Waals surface area contributed by atoms with Crippen molar-refractivity contribution >= 4 is 17.6 Å². The predicted molar refractivity (Wildman–Crippen MR) is 79.4 cm³/mol. The number of rotatable bonds is 4. The van der Waals surface area contributed by atoms with E-state index in [1.165, 1.54) is 0 Å². The first-order chi connectivity index (χ1) is 9.65. The van der Waals surface area contributed by atoms with Crippen molar-refractivity contribution in [1.29, 1.82) is 0 Å². The SMILES string of the molecule is CN1CCN(C(=O)NCCOc2ccc(Cl)cc2)CC1. The third-order valence-electron chi connectivity index (χ3n) is 3.25. The molecule has 0 aliphatic carbocycles. The maximum Gasteiger partial charge on any atom is 0.317 e. The summed E-state index contributed by atoms with van der Waals surface area (Å²) in [7, 11) is 2.06. The number of urea groups is 1. The Morgan fingerprint density at radius 1 is 1.25 bits per heavy atom. The molecule has 1 aromatic carbocycles. The summed E-state index contributed by atoms with van der Waals surface area (Å²) in [5, 5.41) is 3.55. The summed E-state index contributed by atoms with van der Waals surface area (Å²) in [6.45, 7) is 4.35. The van der Waals surface area contributed by atoms with Crippen LogP contribution >= 0.6 is 11.6 Å². The van der Waals surface area contributed by atoms with Crippen LogP contribution < -0.4 is 10.1 Å². The molecular formula is C14H20ClN3O2. The van der Waals surface area contributed by atoms with E-state index in [2.05, 4.69) is 17.3 Å². The van der Waals surface area contributed by atoms with E-state index in [1.807, 2.05) is 17.0 Å². The number of benzene rings is 1. The van der Waals surface area contributed by atoms with Gasteiger partial charge in [-0.1, -0.05) is 11.6 Å². The molecule has 6 heteroatoms. The largest absolute Gasteiger partial charge is 0.492 e. The lowest BCUT2D eigenvalue weighted by atomic mass is 10.3. The molecule has 1 aliphatic rings. The zero-order valence-electron chi connectivity index (χ0n) is 11.6. The monoisotopic (exact) mass is 297 g/mol. The van der Waals surface area contributed by atoms with E-state index < -0.39 is 0 Å². The van der Waals surface area contributed by atoms with Gasteiger partial charge in [0.15, 0.2) is 0 Å². The highest BCUT2D eigenvalue weighted by atomic mass is 35.5. The van der Waals surface area contributed by atoms with Crippen molar-refractivity contribution in [3.63, 3.8) is 0 Å². The van der Waals surface area contributed by atoms with Gasteiger partial charge < -0.3 is 19.9 Å². The Morgan fingerprint density at radius 3 is 2.55 bits per heavy atom. The molecule has 0 unspecified atom stereocenters. The van der Waals surface area contributed by atoms with Crippen molar-refractivity contribution in [1.82, 2.24) is 15.1 Å². The molecule has 0 radical (unpaired) electrons. The Morgan fingerprint density at radius 2 is 1.90 bits per heavy atom. The van der Waals surface area contributed by atoms with Crippen LogP contribution in [0.2, 0.25) is 5.02 Å². The van der Waals surface area contributed by atoms with Crippen LogP contribution in [0, 0.1) is 0 Å². The fourth-order valence-electron chi connectivity index (χ4n) is 1.98. The minimum absolute atomic E-state index is 0.0159. The number of halogens is 1. The lowest BCUT2D eigenvalue weighted by Gasteiger charge is -2.32. The van der Waals surface area contributed by atoms with Gasteiger partial charge in [-0.05, 0) is 31.3 Å². The summed E-state index contributed by atoms with van der Waals surface area (Å²) in [5.41, 5.74) is 0. The predicted octanol–water partition coefficient (Wildman–Crippen LogP) is 1.68. The minimum atomic E-state index is -0.0159.